The SMILES string of the molecule is CN(C)C=CC(=O)c1ccc(Br)cc1O. The Morgan fingerprint density at radius 2 is 2.13 bits per heavy atom. The Kier molecular flexibility index (Phi) is 3.91. The number of allylic oxidation sites excluding steroid dienone is 1. The lowest BCUT2D eigenvalue weighted by Gasteiger charge is -2.04. The highest BCUT2D eigenvalue weighted by molar-refractivity contribution is 9.10. The molecule has 0 aromatic heterocycles. The van der Waals surface area contributed by atoms with Gasteiger partial charge in [-0.15, -0.1) is 0 Å². The Morgan fingerprint density at radius 3 is 2.67 bits per heavy atom. The summed E-state index contributed by atoms with van der Waals surface area (Å²) in [4.78, 5) is 13.4. The quantitative estimate of drug-likeness (QED) is 0.677. The van der Waals surface area contributed by atoms with Crippen molar-refractivity contribution in [1.82, 2.24) is 4.90 Å². The number of aromatic hydroxyl groups is 1. The number of ketones is 1. The molecule has 0 aliphatic rings. The summed E-state index contributed by atoms with van der Waals surface area (Å²) in [6.07, 6.45) is 3.06. The maximum Gasteiger partial charge on any atom is 0.190 e. The maximum atomic E-state index is 11.6. The zero-order valence-corrected chi connectivity index (χ0v) is 10.2. The van der Waals surface area contributed by atoms with Crippen molar-refractivity contribution in [2.24, 2.45) is 0 Å². The van der Waals surface area contributed by atoms with Crippen molar-refractivity contribution in [3.63, 3.8) is 0 Å². The normalized spacial score (nSPS) is 10.6. The molecule has 1 N–H and O–H groups in total. The molecule has 0 amide bonds. The van der Waals surface area contributed by atoms with Gasteiger partial charge in [-0.3, -0.25) is 4.79 Å². The molecule has 0 saturated heterocycles. The summed E-state index contributed by atoms with van der Waals surface area (Å²) < 4.78 is 0.744. The van der Waals surface area contributed by atoms with Gasteiger partial charge in [-0.25, -0.2) is 0 Å². The number of nitrogens with zero attached hydrogens (tertiary/aromatic N) is 1. The van der Waals surface area contributed by atoms with E-state index >= 15 is 0 Å². The van der Waals surface area contributed by atoms with E-state index < -0.39 is 0 Å². The summed E-state index contributed by atoms with van der Waals surface area (Å²) in [6, 6.07) is 4.80. The maximum absolute atomic E-state index is 11.6. The van der Waals surface area contributed by atoms with E-state index in [1.54, 1.807) is 23.2 Å². The topological polar surface area (TPSA) is 40.5 Å². The second-order valence-corrected chi connectivity index (χ2v) is 4.22. The van der Waals surface area contributed by atoms with Crippen LogP contribution in [0.25, 0.3) is 0 Å². The molecule has 0 radical (unpaired) electrons. The number of rotatable bonds is 3. The molecule has 0 unspecified atom stereocenters. The lowest BCUT2D eigenvalue weighted by Crippen LogP contribution is -2.03. The van der Waals surface area contributed by atoms with Crippen LogP contribution in [0, 0.1) is 0 Å². The number of halogens is 1. The third-order valence-electron chi connectivity index (χ3n) is 1.75. The van der Waals surface area contributed by atoms with Crippen molar-refractivity contribution < 1.29 is 9.90 Å². The van der Waals surface area contributed by atoms with Gasteiger partial charge in [0.1, 0.15) is 5.75 Å². The van der Waals surface area contributed by atoms with Crippen LogP contribution < -0.4 is 0 Å². The molecule has 1 rings (SSSR count). The first-order valence-electron chi connectivity index (χ1n) is 4.38. The minimum Gasteiger partial charge on any atom is -0.507 e. The van der Waals surface area contributed by atoms with Gasteiger partial charge in [-0.05, 0) is 18.2 Å². The van der Waals surface area contributed by atoms with Crippen molar-refractivity contribution in [2.75, 3.05) is 14.1 Å². The number of carbonyl (C=O) groups is 1. The largest absolute Gasteiger partial charge is 0.507 e. The molecule has 80 valence electrons. The zero-order valence-electron chi connectivity index (χ0n) is 8.57. The highest BCUT2D eigenvalue weighted by atomic mass is 79.9. The molecule has 0 atom stereocenters. The molecule has 3 nitrogen and oxygen atoms in total. The predicted molar refractivity (Wildman–Crippen MR) is 63.0 cm³/mol. The molecular weight excluding hydrogens is 258 g/mol. The van der Waals surface area contributed by atoms with E-state index in [0.29, 0.717) is 5.56 Å². The van der Waals surface area contributed by atoms with Crippen LogP contribution in [0.5, 0.6) is 5.75 Å². The van der Waals surface area contributed by atoms with Crippen LogP contribution >= 0.6 is 15.9 Å². The van der Waals surface area contributed by atoms with Gasteiger partial charge in [0.25, 0.3) is 0 Å². The first-order valence-corrected chi connectivity index (χ1v) is 5.17. The van der Waals surface area contributed by atoms with E-state index in [1.807, 2.05) is 14.1 Å². The number of hydrogen-bond acceptors (Lipinski definition) is 3. The Hall–Kier alpha value is -1.29. The van der Waals surface area contributed by atoms with Crippen LogP contribution in [0.3, 0.4) is 0 Å². The summed E-state index contributed by atoms with van der Waals surface area (Å²) >= 11 is 3.21. The van der Waals surface area contributed by atoms with Crippen LogP contribution in [-0.2, 0) is 0 Å². The van der Waals surface area contributed by atoms with Crippen molar-refractivity contribution >= 4 is 21.7 Å². The number of hydrogen-bond donors (Lipinski definition) is 1. The van der Waals surface area contributed by atoms with Gasteiger partial charge >= 0.3 is 0 Å². The van der Waals surface area contributed by atoms with Gasteiger partial charge in [-0.1, -0.05) is 15.9 Å². The molecule has 0 saturated carbocycles. The number of phenolic OH excluding ortho intramolecular Hbond substituents is 1. The summed E-state index contributed by atoms with van der Waals surface area (Å²) in [5.41, 5.74) is 0.302. The van der Waals surface area contributed by atoms with Crippen molar-refractivity contribution in [1.29, 1.82) is 0 Å². The molecule has 0 bridgehead atoms. The van der Waals surface area contributed by atoms with E-state index in [0.717, 1.165) is 4.47 Å². The van der Waals surface area contributed by atoms with E-state index in [9.17, 15) is 9.90 Å². The van der Waals surface area contributed by atoms with Gasteiger partial charge < -0.3 is 10.0 Å². The minimum atomic E-state index is -0.214. The average Bonchev–Trinajstić information content (AvgIpc) is 2.14. The number of phenols is 1. The van der Waals surface area contributed by atoms with Crippen LogP contribution in [0.1, 0.15) is 10.4 Å². The fourth-order valence-electron chi connectivity index (χ4n) is 1.02. The molecule has 4 heteroatoms. The fraction of sp³-hybridized carbons (Fsp3) is 0.182. The van der Waals surface area contributed by atoms with E-state index in [2.05, 4.69) is 15.9 Å². The van der Waals surface area contributed by atoms with Crippen LogP contribution in [0.15, 0.2) is 34.9 Å². The molecule has 1 aromatic rings. The summed E-state index contributed by atoms with van der Waals surface area (Å²) in [6.45, 7) is 0. The van der Waals surface area contributed by atoms with Gasteiger partial charge in [-0.2, -0.15) is 0 Å². The van der Waals surface area contributed by atoms with Crippen LogP contribution in [-0.4, -0.2) is 29.9 Å². The second-order valence-electron chi connectivity index (χ2n) is 3.31. The molecule has 1 aromatic carbocycles. The smallest absolute Gasteiger partial charge is 0.190 e. The fourth-order valence-corrected chi connectivity index (χ4v) is 1.37. The van der Waals surface area contributed by atoms with E-state index in [-0.39, 0.29) is 11.5 Å². The Bertz CT molecular complexity index is 400. The van der Waals surface area contributed by atoms with Crippen LogP contribution in [0.4, 0.5) is 0 Å². The molecule has 15 heavy (non-hydrogen) atoms. The van der Waals surface area contributed by atoms with E-state index in [1.165, 1.54) is 12.1 Å². The Balaban J connectivity index is 2.92. The lowest BCUT2D eigenvalue weighted by atomic mass is 10.1. The monoisotopic (exact) mass is 269 g/mol. The highest BCUT2D eigenvalue weighted by Crippen LogP contribution is 2.22. The second kappa shape index (κ2) is 4.98. The first kappa shape index (κ1) is 11.8. The Morgan fingerprint density at radius 1 is 1.47 bits per heavy atom. The highest BCUT2D eigenvalue weighted by Gasteiger charge is 2.07. The third kappa shape index (κ3) is 3.40. The number of carbonyl (C=O) groups excluding carboxylic acids is 1. The summed E-state index contributed by atoms with van der Waals surface area (Å²) in [5, 5.41) is 9.53. The molecule has 0 aliphatic heterocycles. The van der Waals surface area contributed by atoms with E-state index in [4.69, 9.17) is 0 Å². The summed E-state index contributed by atoms with van der Waals surface area (Å²) in [7, 11) is 3.65. The van der Waals surface area contributed by atoms with Gasteiger partial charge in [0.05, 0.1) is 5.56 Å². The van der Waals surface area contributed by atoms with Crippen molar-refractivity contribution in [3.05, 3.63) is 40.5 Å². The molecular formula is C11H12BrNO2. The average molecular weight is 270 g/mol. The lowest BCUT2D eigenvalue weighted by molar-refractivity contribution is 0.104. The zero-order chi connectivity index (χ0) is 11.4. The molecule has 0 heterocycles. The van der Waals surface area contributed by atoms with Gasteiger partial charge in [0.2, 0.25) is 0 Å². The third-order valence-corrected chi connectivity index (χ3v) is 2.24. The van der Waals surface area contributed by atoms with Crippen molar-refractivity contribution in [2.45, 2.75) is 0 Å². The molecule has 0 aliphatic carbocycles. The van der Waals surface area contributed by atoms with Crippen molar-refractivity contribution in [3.8, 4) is 5.75 Å². The minimum absolute atomic E-state index is 0.0159. The molecule has 0 fully saturated rings. The van der Waals surface area contributed by atoms with Gasteiger partial charge in [0.15, 0.2) is 5.78 Å². The Labute approximate surface area is 97.1 Å². The number of benzene rings is 1. The van der Waals surface area contributed by atoms with Gasteiger partial charge in [0, 0.05) is 30.8 Å². The van der Waals surface area contributed by atoms with Crippen LogP contribution in [0.2, 0.25) is 0 Å². The predicted octanol–water partition coefficient (Wildman–Crippen LogP) is 2.41. The standard InChI is InChI=1S/C11H12BrNO2/c1-13(2)6-5-10(14)9-4-3-8(12)7-11(9)15/h3-7,15H,1-2H3. The summed E-state index contributed by atoms with van der Waals surface area (Å²) in [5.74, 6) is -0.230. The first-order chi connectivity index (χ1) is 7.00. The molecule has 0 spiro atoms.